The molecule has 0 atom stereocenters. The molecule has 0 N–H and O–H groups in total. The molecule has 0 radical (unpaired) electrons. The van der Waals surface area contributed by atoms with Crippen LogP contribution in [0.1, 0.15) is 31.4 Å². The number of nitrogens with zero attached hydrogens (tertiary/aromatic N) is 2. The number of hydrogen-bond acceptors (Lipinski definition) is 2. The van der Waals surface area contributed by atoms with E-state index >= 15 is 0 Å². The van der Waals surface area contributed by atoms with Crippen molar-refractivity contribution in [1.82, 2.24) is 4.98 Å². The molecule has 80 valence electrons. The van der Waals surface area contributed by atoms with Crippen molar-refractivity contribution in [3.05, 3.63) is 24.0 Å². The van der Waals surface area contributed by atoms with Crippen molar-refractivity contribution < 1.29 is 0 Å². The zero-order valence-corrected chi connectivity index (χ0v) is 9.37. The van der Waals surface area contributed by atoms with Gasteiger partial charge in [0.15, 0.2) is 0 Å². The molecule has 2 aliphatic rings. The lowest BCUT2D eigenvalue weighted by molar-refractivity contribution is 0.222. The van der Waals surface area contributed by atoms with Crippen LogP contribution in [0.2, 0.25) is 0 Å². The summed E-state index contributed by atoms with van der Waals surface area (Å²) in [6, 6.07) is 4.30. The maximum absolute atomic E-state index is 4.36. The molecule has 1 aromatic heterocycles. The normalized spacial score (nSPS) is 23.1. The minimum absolute atomic E-state index is 0.685. The first-order chi connectivity index (χ1) is 7.27. The fourth-order valence-electron chi connectivity index (χ4n) is 3.03. The van der Waals surface area contributed by atoms with Gasteiger partial charge in [-0.1, -0.05) is 12.8 Å². The zero-order chi connectivity index (χ0) is 10.3. The van der Waals surface area contributed by atoms with Crippen molar-refractivity contribution in [2.45, 2.75) is 32.6 Å². The fourth-order valence-corrected chi connectivity index (χ4v) is 3.03. The summed E-state index contributed by atoms with van der Waals surface area (Å²) in [6.07, 6.45) is 7.79. The van der Waals surface area contributed by atoms with E-state index in [0.29, 0.717) is 5.41 Å². The third-order valence-electron chi connectivity index (χ3n) is 3.98. The van der Waals surface area contributed by atoms with Gasteiger partial charge in [0.25, 0.3) is 0 Å². The molecule has 1 aliphatic heterocycles. The van der Waals surface area contributed by atoms with Crippen molar-refractivity contribution in [2.24, 2.45) is 5.41 Å². The molecule has 1 saturated carbocycles. The summed E-state index contributed by atoms with van der Waals surface area (Å²) in [4.78, 5) is 6.83. The maximum atomic E-state index is 4.36. The van der Waals surface area contributed by atoms with Crippen LogP contribution < -0.4 is 4.90 Å². The molecule has 3 rings (SSSR count). The molecular weight excluding hydrogens is 184 g/mol. The molecule has 1 aliphatic carbocycles. The molecule has 1 aromatic rings. The van der Waals surface area contributed by atoms with Crippen LogP contribution in [0.15, 0.2) is 18.3 Å². The van der Waals surface area contributed by atoms with Gasteiger partial charge in [-0.2, -0.15) is 0 Å². The second-order valence-electron chi connectivity index (χ2n) is 5.22. The topological polar surface area (TPSA) is 16.1 Å². The Hall–Kier alpha value is -1.05. The summed E-state index contributed by atoms with van der Waals surface area (Å²) in [5, 5.41) is 0. The van der Waals surface area contributed by atoms with E-state index in [9.17, 15) is 0 Å². The maximum Gasteiger partial charge on any atom is 0.0553 e. The van der Waals surface area contributed by atoms with Gasteiger partial charge >= 0.3 is 0 Å². The molecule has 0 aromatic carbocycles. The van der Waals surface area contributed by atoms with E-state index in [2.05, 4.69) is 22.0 Å². The summed E-state index contributed by atoms with van der Waals surface area (Å²) in [5.41, 5.74) is 3.10. The number of aryl methyl sites for hydroxylation is 1. The summed E-state index contributed by atoms with van der Waals surface area (Å²) >= 11 is 0. The van der Waals surface area contributed by atoms with Gasteiger partial charge < -0.3 is 4.90 Å². The minimum atomic E-state index is 0.685. The molecule has 1 spiro atoms. The zero-order valence-electron chi connectivity index (χ0n) is 9.37. The number of aromatic nitrogens is 1. The average molecular weight is 202 g/mol. The highest BCUT2D eigenvalue weighted by Gasteiger charge is 2.44. The fraction of sp³-hybridized carbons (Fsp3) is 0.615. The van der Waals surface area contributed by atoms with E-state index in [1.54, 1.807) is 0 Å². The predicted molar refractivity (Wildman–Crippen MR) is 62.1 cm³/mol. The molecule has 2 nitrogen and oxygen atoms in total. The van der Waals surface area contributed by atoms with E-state index in [1.807, 2.05) is 13.1 Å². The van der Waals surface area contributed by atoms with Gasteiger partial charge in [0.2, 0.25) is 0 Å². The highest BCUT2D eigenvalue weighted by atomic mass is 15.2. The van der Waals surface area contributed by atoms with E-state index in [1.165, 1.54) is 44.5 Å². The van der Waals surface area contributed by atoms with Crippen LogP contribution in [0.4, 0.5) is 5.69 Å². The van der Waals surface area contributed by atoms with Crippen LogP contribution in [0, 0.1) is 12.3 Å². The van der Waals surface area contributed by atoms with Crippen LogP contribution in [0.25, 0.3) is 0 Å². The Kier molecular flexibility index (Phi) is 1.98. The van der Waals surface area contributed by atoms with E-state index in [-0.39, 0.29) is 0 Å². The molecule has 2 heteroatoms. The Morgan fingerprint density at radius 3 is 2.53 bits per heavy atom. The summed E-state index contributed by atoms with van der Waals surface area (Å²) in [7, 11) is 0. The largest absolute Gasteiger partial charge is 0.369 e. The first-order valence-corrected chi connectivity index (χ1v) is 5.95. The van der Waals surface area contributed by atoms with Gasteiger partial charge in [0, 0.05) is 24.2 Å². The second kappa shape index (κ2) is 3.22. The van der Waals surface area contributed by atoms with Gasteiger partial charge in [-0.25, -0.2) is 0 Å². The second-order valence-corrected chi connectivity index (χ2v) is 5.22. The monoisotopic (exact) mass is 202 g/mol. The minimum Gasteiger partial charge on any atom is -0.369 e. The van der Waals surface area contributed by atoms with Crippen LogP contribution in [-0.2, 0) is 0 Å². The van der Waals surface area contributed by atoms with Crippen LogP contribution in [-0.4, -0.2) is 18.1 Å². The summed E-state index contributed by atoms with van der Waals surface area (Å²) in [5.74, 6) is 0. The van der Waals surface area contributed by atoms with Crippen molar-refractivity contribution in [2.75, 3.05) is 18.0 Å². The third kappa shape index (κ3) is 1.52. The molecule has 2 fully saturated rings. The van der Waals surface area contributed by atoms with Crippen LogP contribution >= 0.6 is 0 Å². The lowest BCUT2D eigenvalue weighted by Crippen LogP contribution is -2.55. The van der Waals surface area contributed by atoms with Gasteiger partial charge in [-0.3, -0.25) is 4.98 Å². The van der Waals surface area contributed by atoms with Crippen LogP contribution in [0.3, 0.4) is 0 Å². The number of hydrogen-bond donors (Lipinski definition) is 0. The smallest absolute Gasteiger partial charge is 0.0553 e. The molecule has 0 unspecified atom stereocenters. The molecular formula is C13H18N2. The Labute approximate surface area is 91.3 Å². The highest BCUT2D eigenvalue weighted by Crippen LogP contribution is 2.46. The van der Waals surface area contributed by atoms with Gasteiger partial charge in [-0.05, 0) is 31.9 Å². The lowest BCUT2D eigenvalue weighted by atomic mass is 9.78. The molecule has 1 saturated heterocycles. The van der Waals surface area contributed by atoms with Gasteiger partial charge in [-0.15, -0.1) is 0 Å². The number of anilines is 1. The lowest BCUT2D eigenvalue weighted by Gasteiger charge is -2.49. The van der Waals surface area contributed by atoms with Gasteiger partial charge in [0.1, 0.15) is 0 Å². The number of pyridine rings is 1. The quantitative estimate of drug-likeness (QED) is 0.696. The average Bonchev–Trinajstić information content (AvgIpc) is 2.66. The predicted octanol–water partition coefficient (Wildman–Crippen LogP) is 2.77. The Bertz CT molecular complexity index is 341. The molecule has 0 amide bonds. The molecule has 2 heterocycles. The number of rotatable bonds is 1. The Balaban J connectivity index is 1.69. The Morgan fingerprint density at radius 2 is 1.93 bits per heavy atom. The van der Waals surface area contributed by atoms with Crippen molar-refractivity contribution in [3.8, 4) is 0 Å². The first-order valence-electron chi connectivity index (χ1n) is 5.95. The van der Waals surface area contributed by atoms with Crippen LogP contribution in [0.5, 0.6) is 0 Å². The summed E-state index contributed by atoms with van der Waals surface area (Å²) in [6.45, 7) is 4.56. The SMILES string of the molecule is Cc1ccc(N2CC3(CCCC3)C2)cn1. The molecule has 0 bridgehead atoms. The standard InChI is InChI=1S/C13H18N2/c1-11-4-5-12(8-14-11)15-9-13(10-15)6-2-3-7-13/h4-5,8H,2-3,6-7,9-10H2,1H3. The van der Waals surface area contributed by atoms with Crippen molar-refractivity contribution in [3.63, 3.8) is 0 Å². The Morgan fingerprint density at radius 1 is 1.20 bits per heavy atom. The molecule has 15 heavy (non-hydrogen) atoms. The summed E-state index contributed by atoms with van der Waals surface area (Å²) < 4.78 is 0. The highest BCUT2D eigenvalue weighted by molar-refractivity contribution is 5.48. The van der Waals surface area contributed by atoms with E-state index < -0.39 is 0 Å². The van der Waals surface area contributed by atoms with Gasteiger partial charge in [0.05, 0.1) is 11.9 Å². The van der Waals surface area contributed by atoms with Crippen molar-refractivity contribution >= 4 is 5.69 Å². The van der Waals surface area contributed by atoms with Crippen molar-refractivity contribution in [1.29, 1.82) is 0 Å². The van der Waals surface area contributed by atoms with E-state index in [4.69, 9.17) is 0 Å². The third-order valence-corrected chi connectivity index (χ3v) is 3.98. The first kappa shape index (κ1) is 9.20. The van der Waals surface area contributed by atoms with E-state index in [0.717, 1.165) is 5.69 Å².